The van der Waals surface area contributed by atoms with Crippen LogP contribution in [0.15, 0.2) is 200 Å². The average molecular weight is 677 g/mol. The van der Waals surface area contributed by atoms with Crippen LogP contribution in [0.25, 0.3) is 76.7 Å². The Labute approximate surface area is 309 Å². The minimum absolute atomic E-state index is 1.12. The quantitative estimate of drug-likeness (QED) is 0.159. The van der Waals surface area contributed by atoms with Gasteiger partial charge >= 0.3 is 0 Å². The van der Waals surface area contributed by atoms with Crippen molar-refractivity contribution < 1.29 is 0 Å². The van der Waals surface area contributed by atoms with Gasteiger partial charge in [-0.25, -0.2) is 0 Å². The van der Waals surface area contributed by atoms with Gasteiger partial charge in [0.1, 0.15) is 0 Å². The van der Waals surface area contributed by atoms with Crippen molar-refractivity contribution in [3.05, 3.63) is 200 Å². The Hall–Kier alpha value is -6.90. The molecule has 0 fully saturated rings. The first kappa shape index (κ1) is 30.9. The van der Waals surface area contributed by atoms with E-state index in [1.54, 1.807) is 0 Å². The maximum absolute atomic E-state index is 2.38. The normalized spacial score (nSPS) is 11.5. The first-order chi connectivity index (χ1) is 26.2. The minimum Gasteiger partial charge on any atom is -0.343 e. The maximum atomic E-state index is 2.38. The molecular weight excluding hydrogens is 641 g/mol. The highest BCUT2D eigenvalue weighted by molar-refractivity contribution is 6.31. The van der Waals surface area contributed by atoms with E-state index in [1.807, 2.05) is 0 Å². The van der Waals surface area contributed by atoms with Gasteiger partial charge in [-0.3, -0.25) is 0 Å². The van der Waals surface area contributed by atoms with Crippen molar-refractivity contribution in [2.45, 2.75) is 0 Å². The van der Waals surface area contributed by atoms with Gasteiger partial charge in [-0.05, 0) is 98.1 Å². The van der Waals surface area contributed by atoms with Gasteiger partial charge in [-0.1, -0.05) is 152 Å². The Morgan fingerprint density at radius 2 is 0.774 bits per heavy atom. The molecule has 0 N–H and O–H groups in total. The van der Waals surface area contributed by atoms with Gasteiger partial charge in [0.2, 0.25) is 0 Å². The topological polar surface area (TPSA) is 8.17 Å². The first-order valence-corrected chi connectivity index (χ1v) is 18.2. The van der Waals surface area contributed by atoms with E-state index in [9.17, 15) is 0 Å². The molecule has 1 aromatic heterocycles. The van der Waals surface area contributed by atoms with Crippen LogP contribution in [0.1, 0.15) is 0 Å². The molecule has 0 aliphatic rings. The molecule has 10 aromatic rings. The molecule has 0 aliphatic heterocycles. The van der Waals surface area contributed by atoms with Gasteiger partial charge < -0.3 is 9.47 Å². The van der Waals surface area contributed by atoms with E-state index in [1.165, 1.54) is 76.7 Å². The van der Waals surface area contributed by atoms with Crippen LogP contribution < -0.4 is 4.90 Å². The Bertz CT molecular complexity index is 2920. The highest BCUT2D eigenvalue weighted by atomic mass is 15.1. The third-order valence-corrected chi connectivity index (χ3v) is 10.8. The van der Waals surface area contributed by atoms with Gasteiger partial charge in [-0.15, -0.1) is 0 Å². The van der Waals surface area contributed by atoms with Crippen LogP contribution >= 0.6 is 0 Å². The summed E-state index contributed by atoms with van der Waals surface area (Å²) in [6, 6.07) is 72.5. The summed E-state index contributed by atoms with van der Waals surface area (Å²) in [4.78, 5) is 2.33. The van der Waals surface area contributed by atoms with Crippen molar-refractivity contribution in [3.63, 3.8) is 0 Å². The Morgan fingerprint density at radius 1 is 0.321 bits per heavy atom. The lowest BCUT2D eigenvalue weighted by atomic mass is 9.95. The van der Waals surface area contributed by atoms with E-state index >= 15 is 0 Å². The molecule has 0 saturated carbocycles. The SMILES string of the molecule is Cn1c2ccc(-c3ccc(-c4ccc(N(c5ccccc5)c5cccc(-c6ccccc6)c5)cc4)cc3)cc2c2c3ccccc3c3ccccc3c21. The fraction of sp³-hybridized carbons (Fsp3) is 0.0196. The van der Waals surface area contributed by atoms with Crippen molar-refractivity contribution in [3.8, 4) is 33.4 Å². The first-order valence-electron chi connectivity index (χ1n) is 18.2. The second-order valence-electron chi connectivity index (χ2n) is 13.8. The number of rotatable bonds is 6. The largest absolute Gasteiger partial charge is 0.343 e. The van der Waals surface area contributed by atoms with Crippen molar-refractivity contribution in [1.29, 1.82) is 0 Å². The fourth-order valence-corrected chi connectivity index (χ4v) is 8.21. The van der Waals surface area contributed by atoms with Gasteiger partial charge in [0.15, 0.2) is 0 Å². The summed E-state index contributed by atoms with van der Waals surface area (Å²) in [7, 11) is 2.20. The number of aryl methyl sites for hydroxylation is 1. The van der Waals surface area contributed by atoms with Crippen molar-refractivity contribution >= 4 is 60.4 Å². The molecule has 0 unspecified atom stereocenters. The van der Waals surface area contributed by atoms with E-state index in [0.29, 0.717) is 0 Å². The number of hydrogen-bond acceptors (Lipinski definition) is 1. The van der Waals surface area contributed by atoms with Crippen molar-refractivity contribution in [1.82, 2.24) is 4.57 Å². The Morgan fingerprint density at radius 3 is 1.47 bits per heavy atom. The van der Waals surface area contributed by atoms with E-state index < -0.39 is 0 Å². The molecule has 0 bridgehead atoms. The van der Waals surface area contributed by atoms with Gasteiger partial charge in [0.05, 0.1) is 5.52 Å². The summed E-state index contributed by atoms with van der Waals surface area (Å²) in [6.07, 6.45) is 0. The molecule has 250 valence electrons. The Kier molecular flexibility index (Phi) is 7.40. The number of nitrogens with zero attached hydrogens (tertiary/aromatic N) is 2. The molecule has 9 aromatic carbocycles. The van der Waals surface area contributed by atoms with Crippen molar-refractivity contribution in [2.75, 3.05) is 4.90 Å². The van der Waals surface area contributed by atoms with Crippen LogP contribution in [0.2, 0.25) is 0 Å². The molecular formula is C51H36N2. The average Bonchev–Trinajstić information content (AvgIpc) is 3.54. The van der Waals surface area contributed by atoms with Crippen LogP contribution in [-0.4, -0.2) is 4.57 Å². The lowest BCUT2D eigenvalue weighted by Gasteiger charge is -2.26. The highest BCUT2D eigenvalue weighted by Crippen LogP contribution is 2.42. The summed E-state index contributed by atoms with van der Waals surface area (Å²) in [5.41, 5.74) is 13.1. The monoisotopic (exact) mass is 676 g/mol. The summed E-state index contributed by atoms with van der Waals surface area (Å²) in [6.45, 7) is 0. The van der Waals surface area contributed by atoms with Gasteiger partial charge in [0, 0.05) is 45.8 Å². The summed E-state index contributed by atoms with van der Waals surface area (Å²) in [5, 5.41) is 7.82. The van der Waals surface area contributed by atoms with E-state index in [-0.39, 0.29) is 0 Å². The van der Waals surface area contributed by atoms with Gasteiger partial charge in [-0.2, -0.15) is 0 Å². The molecule has 2 nitrogen and oxygen atoms in total. The number of aromatic nitrogens is 1. The molecule has 53 heavy (non-hydrogen) atoms. The molecule has 0 aliphatic carbocycles. The smallest absolute Gasteiger partial charge is 0.0574 e. The molecule has 0 spiro atoms. The van der Waals surface area contributed by atoms with E-state index in [4.69, 9.17) is 0 Å². The number of anilines is 3. The van der Waals surface area contributed by atoms with Crippen LogP contribution in [0.5, 0.6) is 0 Å². The highest BCUT2D eigenvalue weighted by Gasteiger charge is 2.17. The molecule has 2 heteroatoms. The summed E-state index contributed by atoms with van der Waals surface area (Å²) < 4.78 is 2.37. The van der Waals surface area contributed by atoms with Crippen LogP contribution in [0, 0.1) is 0 Å². The third kappa shape index (κ3) is 5.27. The standard InChI is InChI=1S/C51H36N2/c1-52-49-32-29-40(34-48(49)50-46-21-10-8-19-44(46)45-20-9-11-22-47(45)51(50)52)38-25-23-36(24-26-38)37-27-30-42(31-28-37)53(41-16-6-3-7-17-41)43-18-12-15-39(33-43)35-13-4-2-5-14-35/h2-34H,1H3. The van der Waals surface area contributed by atoms with E-state index in [2.05, 4.69) is 217 Å². The molecule has 10 rings (SSSR count). The number of para-hydroxylation sites is 1. The third-order valence-electron chi connectivity index (χ3n) is 10.8. The lowest BCUT2D eigenvalue weighted by Crippen LogP contribution is -2.09. The predicted octanol–water partition coefficient (Wildman–Crippen LogP) is 14.1. The van der Waals surface area contributed by atoms with Crippen LogP contribution in [-0.2, 0) is 7.05 Å². The van der Waals surface area contributed by atoms with E-state index in [0.717, 1.165) is 17.1 Å². The summed E-state index contributed by atoms with van der Waals surface area (Å²) in [5.74, 6) is 0. The second kappa shape index (κ2) is 12.7. The van der Waals surface area contributed by atoms with Crippen LogP contribution in [0.3, 0.4) is 0 Å². The summed E-state index contributed by atoms with van der Waals surface area (Å²) >= 11 is 0. The Balaban J connectivity index is 0.999. The molecule has 0 amide bonds. The fourth-order valence-electron chi connectivity index (χ4n) is 8.21. The lowest BCUT2D eigenvalue weighted by molar-refractivity contribution is 1.02. The molecule has 0 radical (unpaired) electrons. The second-order valence-corrected chi connectivity index (χ2v) is 13.8. The number of hydrogen-bond donors (Lipinski definition) is 0. The zero-order valence-electron chi connectivity index (χ0n) is 29.4. The van der Waals surface area contributed by atoms with Gasteiger partial charge in [0.25, 0.3) is 0 Å². The minimum atomic E-state index is 1.12. The molecule has 0 atom stereocenters. The zero-order chi connectivity index (χ0) is 35.3. The predicted molar refractivity (Wildman–Crippen MR) is 226 cm³/mol. The zero-order valence-corrected chi connectivity index (χ0v) is 29.4. The number of benzene rings is 9. The van der Waals surface area contributed by atoms with Crippen LogP contribution in [0.4, 0.5) is 17.1 Å². The molecule has 0 saturated heterocycles. The van der Waals surface area contributed by atoms with Crippen molar-refractivity contribution in [2.24, 2.45) is 7.05 Å². The number of fused-ring (bicyclic) bond motifs is 8. The maximum Gasteiger partial charge on any atom is 0.0574 e. The molecule has 1 heterocycles.